The maximum Gasteiger partial charge on any atom is 0.329 e. The van der Waals surface area contributed by atoms with E-state index in [4.69, 9.17) is 27.9 Å². The summed E-state index contributed by atoms with van der Waals surface area (Å²) in [6.45, 7) is 2.43. The number of nitrogens with zero attached hydrogens (tertiary/aromatic N) is 2. The molecule has 0 aromatic heterocycles. The lowest BCUT2D eigenvalue weighted by atomic mass is 10.1. The van der Waals surface area contributed by atoms with Gasteiger partial charge in [0.15, 0.2) is 9.84 Å². The maximum atomic E-state index is 13.3. The fourth-order valence-corrected chi connectivity index (χ4v) is 6.02. The van der Waals surface area contributed by atoms with E-state index in [2.05, 4.69) is 0 Å². The van der Waals surface area contributed by atoms with E-state index in [9.17, 15) is 13.2 Å². The standard InChI is InChI=1S/C19H18Cl2N2O4S/c1-2-27-14-6-3-12(4-7-14)22-17-10-28(25,26)11-18(17)23(19(22)24)13-5-8-15(20)16(21)9-13/h3-9,17-18H,2,10-11H2,1H3. The Morgan fingerprint density at radius 1 is 0.964 bits per heavy atom. The number of urea groups is 1. The number of hydrogen-bond donors (Lipinski definition) is 0. The van der Waals surface area contributed by atoms with E-state index in [1.807, 2.05) is 6.92 Å². The van der Waals surface area contributed by atoms with Gasteiger partial charge in [0.2, 0.25) is 0 Å². The summed E-state index contributed by atoms with van der Waals surface area (Å²) in [4.78, 5) is 16.3. The molecule has 9 heteroatoms. The topological polar surface area (TPSA) is 66.9 Å². The zero-order valence-corrected chi connectivity index (χ0v) is 17.3. The van der Waals surface area contributed by atoms with Crippen molar-refractivity contribution in [1.82, 2.24) is 0 Å². The predicted octanol–water partition coefficient (Wildman–Crippen LogP) is 4.00. The van der Waals surface area contributed by atoms with Crippen molar-refractivity contribution < 1.29 is 17.9 Å². The normalized spacial score (nSPS) is 23.2. The molecule has 0 N–H and O–H groups in total. The summed E-state index contributed by atoms with van der Waals surface area (Å²) >= 11 is 12.1. The molecule has 148 valence electrons. The second kappa shape index (κ2) is 7.13. The molecule has 0 saturated carbocycles. The lowest BCUT2D eigenvalue weighted by Crippen LogP contribution is -2.37. The lowest BCUT2D eigenvalue weighted by molar-refractivity contribution is 0.255. The number of anilines is 2. The van der Waals surface area contributed by atoms with Gasteiger partial charge in [0.1, 0.15) is 5.75 Å². The van der Waals surface area contributed by atoms with Crippen LogP contribution in [0.3, 0.4) is 0 Å². The van der Waals surface area contributed by atoms with Gasteiger partial charge < -0.3 is 4.74 Å². The third kappa shape index (κ3) is 3.32. The van der Waals surface area contributed by atoms with Gasteiger partial charge >= 0.3 is 6.03 Å². The van der Waals surface area contributed by atoms with Crippen LogP contribution in [0.25, 0.3) is 0 Å². The van der Waals surface area contributed by atoms with Crippen molar-refractivity contribution >= 4 is 50.4 Å². The number of ether oxygens (including phenoxy) is 1. The molecule has 2 aliphatic heterocycles. The molecule has 4 rings (SSSR count). The summed E-state index contributed by atoms with van der Waals surface area (Å²) in [6.07, 6.45) is 0. The Labute approximate surface area is 173 Å². The molecule has 0 spiro atoms. The molecule has 2 aliphatic rings. The Balaban J connectivity index is 1.75. The third-order valence-corrected chi connectivity index (χ3v) is 7.41. The van der Waals surface area contributed by atoms with Crippen LogP contribution in [0.1, 0.15) is 6.92 Å². The van der Waals surface area contributed by atoms with Crippen LogP contribution in [-0.4, -0.2) is 44.6 Å². The average molecular weight is 441 g/mol. The Morgan fingerprint density at radius 2 is 1.54 bits per heavy atom. The van der Waals surface area contributed by atoms with Crippen molar-refractivity contribution in [3.05, 3.63) is 52.5 Å². The number of halogens is 2. The predicted molar refractivity (Wildman–Crippen MR) is 111 cm³/mol. The average Bonchev–Trinajstić information content (AvgIpc) is 3.07. The zero-order valence-electron chi connectivity index (χ0n) is 15.0. The Kier molecular flexibility index (Phi) is 4.93. The van der Waals surface area contributed by atoms with Gasteiger partial charge in [0, 0.05) is 11.4 Å². The number of sulfone groups is 1. The van der Waals surface area contributed by atoms with Gasteiger partial charge in [-0.3, -0.25) is 9.80 Å². The van der Waals surface area contributed by atoms with Gasteiger partial charge in [-0.05, 0) is 49.4 Å². The Hall–Kier alpha value is -1.96. The molecule has 0 aliphatic carbocycles. The molecule has 0 radical (unpaired) electrons. The second-order valence-electron chi connectivity index (χ2n) is 6.76. The van der Waals surface area contributed by atoms with Crippen LogP contribution < -0.4 is 14.5 Å². The SMILES string of the molecule is CCOc1ccc(N2C(=O)N(c3ccc(Cl)c(Cl)c3)C3CS(=O)(=O)CC32)cc1. The smallest absolute Gasteiger partial charge is 0.329 e. The lowest BCUT2D eigenvalue weighted by Gasteiger charge is -2.23. The molecule has 2 atom stereocenters. The highest BCUT2D eigenvalue weighted by molar-refractivity contribution is 7.91. The number of benzene rings is 2. The molecule has 2 aromatic rings. The first-order valence-electron chi connectivity index (χ1n) is 8.81. The van der Waals surface area contributed by atoms with Crippen LogP contribution in [0, 0.1) is 0 Å². The van der Waals surface area contributed by atoms with Gasteiger partial charge in [0.25, 0.3) is 0 Å². The Bertz CT molecular complexity index is 1030. The fourth-order valence-electron chi connectivity index (χ4n) is 3.81. The van der Waals surface area contributed by atoms with Crippen molar-refractivity contribution in [3.8, 4) is 5.75 Å². The highest BCUT2D eigenvalue weighted by Gasteiger charge is 2.54. The van der Waals surface area contributed by atoms with Gasteiger partial charge in [0.05, 0.1) is 40.2 Å². The molecule has 28 heavy (non-hydrogen) atoms. The van der Waals surface area contributed by atoms with E-state index >= 15 is 0 Å². The number of carbonyl (C=O) groups excluding carboxylic acids is 1. The molecule has 0 bridgehead atoms. The van der Waals surface area contributed by atoms with Gasteiger partial charge in [-0.1, -0.05) is 23.2 Å². The van der Waals surface area contributed by atoms with Crippen LogP contribution in [0.15, 0.2) is 42.5 Å². The van der Waals surface area contributed by atoms with Crippen molar-refractivity contribution in [2.75, 3.05) is 27.9 Å². The summed E-state index contributed by atoms with van der Waals surface area (Å²) in [6, 6.07) is 10.7. The summed E-state index contributed by atoms with van der Waals surface area (Å²) in [7, 11) is -3.27. The molecule has 2 fully saturated rings. The number of hydrogen-bond acceptors (Lipinski definition) is 4. The van der Waals surface area contributed by atoms with E-state index in [-0.39, 0.29) is 17.5 Å². The highest BCUT2D eigenvalue weighted by atomic mass is 35.5. The molecule has 2 saturated heterocycles. The third-order valence-electron chi connectivity index (χ3n) is 4.98. The summed E-state index contributed by atoms with van der Waals surface area (Å²) < 4.78 is 30.1. The van der Waals surface area contributed by atoms with Crippen molar-refractivity contribution in [2.45, 2.75) is 19.0 Å². The molecular formula is C19H18Cl2N2O4S. The first-order valence-corrected chi connectivity index (χ1v) is 11.4. The molecular weight excluding hydrogens is 423 g/mol. The number of rotatable bonds is 4. The highest BCUT2D eigenvalue weighted by Crippen LogP contribution is 2.39. The number of fused-ring (bicyclic) bond motifs is 1. The Morgan fingerprint density at radius 3 is 2.11 bits per heavy atom. The number of amides is 2. The molecule has 2 unspecified atom stereocenters. The van der Waals surface area contributed by atoms with E-state index in [0.717, 1.165) is 0 Å². The quantitative estimate of drug-likeness (QED) is 0.673. The first kappa shape index (κ1) is 19.4. The minimum absolute atomic E-state index is 0.0750. The molecule has 2 aromatic carbocycles. The van der Waals surface area contributed by atoms with Crippen molar-refractivity contribution in [3.63, 3.8) is 0 Å². The summed E-state index contributed by atoms with van der Waals surface area (Å²) in [5.74, 6) is 0.529. The second-order valence-corrected chi connectivity index (χ2v) is 9.73. The zero-order chi connectivity index (χ0) is 20.1. The van der Waals surface area contributed by atoms with Gasteiger partial charge in [-0.2, -0.15) is 0 Å². The van der Waals surface area contributed by atoms with Gasteiger partial charge in [-0.15, -0.1) is 0 Å². The summed E-state index contributed by atoms with van der Waals surface area (Å²) in [5, 5.41) is 0.680. The minimum atomic E-state index is -3.27. The van der Waals surface area contributed by atoms with Crippen LogP contribution in [0.2, 0.25) is 10.0 Å². The van der Waals surface area contributed by atoms with E-state index in [1.165, 1.54) is 4.90 Å². The van der Waals surface area contributed by atoms with E-state index in [1.54, 1.807) is 47.4 Å². The van der Waals surface area contributed by atoms with Crippen LogP contribution >= 0.6 is 23.2 Å². The van der Waals surface area contributed by atoms with E-state index in [0.29, 0.717) is 33.8 Å². The number of carbonyl (C=O) groups is 1. The van der Waals surface area contributed by atoms with Crippen LogP contribution in [0.4, 0.5) is 16.2 Å². The maximum absolute atomic E-state index is 13.3. The molecule has 6 nitrogen and oxygen atoms in total. The van der Waals surface area contributed by atoms with Crippen LogP contribution in [-0.2, 0) is 9.84 Å². The fraction of sp³-hybridized carbons (Fsp3) is 0.316. The van der Waals surface area contributed by atoms with Crippen LogP contribution in [0.5, 0.6) is 5.75 Å². The van der Waals surface area contributed by atoms with Gasteiger partial charge in [-0.25, -0.2) is 13.2 Å². The van der Waals surface area contributed by atoms with Crippen molar-refractivity contribution in [2.24, 2.45) is 0 Å². The monoisotopic (exact) mass is 440 g/mol. The largest absolute Gasteiger partial charge is 0.494 e. The molecule has 2 amide bonds. The molecule has 2 heterocycles. The van der Waals surface area contributed by atoms with Crippen molar-refractivity contribution in [1.29, 1.82) is 0 Å². The minimum Gasteiger partial charge on any atom is -0.494 e. The first-order chi connectivity index (χ1) is 13.3. The summed E-state index contributed by atoms with van der Waals surface area (Å²) in [5.41, 5.74) is 1.16. The van der Waals surface area contributed by atoms with E-state index < -0.39 is 21.9 Å².